The summed E-state index contributed by atoms with van der Waals surface area (Å²) in [5, 5.41) is 0. The molecule has 8 heteroatoms. The molecule has 1 aromatic carbocycles. The quantitative estimate of drug-likeness (QED) is 0.557. The molecular weight excluding hydrogens is 382 g/mol. The first-order valence-corrected chi connectivity index (χ1v) is 10.4. The Bertz CT molecular complexity index is 925. The Morgan fingerprint density at radius 2 is 2.00 bits per heavy atom. The molecule has 0 aliphatic carbocycles. The third-order valence-corrected chi connectivity index (χ3v) is 5.98. The number of halogens is 1. The number of amides is 1. The van der Waals surface area contributed by atoms with Gasteiger partial charge < -0.3 is 4.74 Å². The van der Waals surface area contributed by atoms with Crippen molar-refractivity contribution in [3.8, 4) is 0 Å². The summed E-state index contributed by atoms with van der Waals surface area (Å²) in [7, 11) is -2.88. The van der Waals surface area contributed by atoms with Gasteiger partial charge in [0, 0.05) is 17.2 Å². The van der Waals surface area contributed by atoms with Crippen LogP contribution < -0.4 is 0 Å². The van der Waals surface area contributed by atoms with E-state index >= 15 is 0 Å². The summed E-state index contributed by atoms with van der Waals surface area (Å²) in [6.07, 6.45) is 4.05. The van der Waals surface area contributed by atoms with E-state index in [1.165, 1.54) is 18.4 Å². The summed E-state index contributed by atoms with van der Waals surface area (Å²) in [5.74, 6) is -1.17. The van der Waals surface area contributed by atoms with Crippen molar-refractivity contribution in [3.63, 3.8) is 0 Å². The molecule has 25 heavy (non-hydrogen) atoms. The van der Waals surface area contributed by atoms with E-state index in [1.54, 1.807) is 43.3 Å². The molecule has 2 aromatic rings. The normalized spacial score (nSPS) is 13.4. The summed E-state index contributed by atoms with van der Waals surface area (Å²) < 4.78 is 21.8. The van der Waals surface area contributed by atoms with Crippen LogP contribution in [0.3, 0.4) is 0 Å². The van der Waals surface area contributed by atoms with E-state index in [1.807, 2.05) is 0 Å². The predicted octanol–water partition coefficient (Wildman–Crippen LogP) is 4.27. The van der Waals surface area contributed by atoms with E-state index < -0.39 is 21.6 Å². The zero-order chi connectivity index (χ0) is 18.4. The van der Waals surface area contributed by atoms with Gasteiger partial charge in [0.15, 0.2) is 0 Å². The fourth-order valence-electron chi connectivity index (χ4n) is 1.94. The van der Waals surface area contributed by atoms with Crippen LogP contribution in [0.15, 0.2) is 51.7 Å². The number of nitrogens with zero attached hydrogens (tertiary/aromatic N) is 1. The van der Waals surface area contributed by atoms with Crippen LogP contribution in [0.2, 0.25) is 4.34 Å². The second-order valence-corrected chi connectivity index (χ2v) is 8.87. The van der Waals surface area contributed by atoms with Gasteiger partial charge in [0.05, 0.1) is 20.7 Å². The highest BCUT2D eigenvalue weighted by Crippen LogP contribution is 2.29. The van der Waals surface area contributed by atoms with Gasteiger partial charge in [-0.3, -0.25) is 4.79 Å². The molecular formula is C17H16ClNO4S2. The van der Waals surface area contributed by atoms with Gasteiger partial charge in [-0.15, -0.1) is 11.3 Å². The predicted molar refractivity (Wildman–Crippen MR) is 101 cm³/mol. The first-order valence-electron chi connectivity index (χ1n) is 7.29. The lowest BCUT2D eigenvalue weighted by molar-refractivity contribution is -0.137. The minimum Gasteiger partial charge on any atom is -0.463 e. The van der Waals surface area contributed by atoms with Crippen LogP contribution in [0.25, 0.3) is 6.08 Å². The molecule has 1 aromatic heterocycles. The molecule has 1 atom stereocenters. The Kier molecular flexibility index (Phi) is 6.52. The maximum atomic E-state index is 12.7. The molecule has 0 fully saturated rings. The SMILES string of the molecule is CCOC(=O)/C=C/c1cc(Cl)sc1C(=O)N=S(C)(=O)c1ccccc1. The van der Waals surface area contributed by atoms with Crippen LogP contribution in [0.1, 0.15) is 22.2 Å². The van der Waals surface area contributed by atoms with E-state index in [2.05, 4.69) is 4.36 Å². The molecule has 1 amide bonds. The standard InChI is InChI=1S/C17H16ClNO4S2/c1-3-23-15(20)10-9-12-11-14(18)24-16(12)17(21)19-25(2,22)13-7-5-4-6-8-13/h4-11H,3H2,1-2H3/b10-9+. The Morgan fingerprint density at radius 3 is 2.64 bits per heavy atom. The molecule has 0 bridgehead atoms. The zero-order valence-corrected chi connectivity index (χ0v) is 16.0. The highest BCUT2D eigenvalue weighted by atomic mass is 35.5. The zero-order valence-electron chi connectivity index (χ0n) is 13.6. The summed E-state index contributed by atoms with van der Waals surface area (Å²) in [6.45, 7) is 1.95. The van der Waals surface area contributed by atoms with E-state index in [0.29, 0.717) is 14.8 Å². The van der Waals surface area contributed by atoms with E-state index in [4.69, 9.17) is 16.3 Å². The van der Waals surface area contributed by atoms with Gasteiger partial charge in [-0.05, 0) is 36.8 Å². The van der Waals surface area contributed by atoms with Crippen molar-refractivity contribution in [2.75, 3.05) is 12.9 Å². The molecule has 0 spiro atoms. The van der Waals surface area contributed by atoms with Gasteiger partial charge in [0.25, 0.3) is 5.91 Å². The van der Waals surface area contributed by atoms with Gasteiger partial charge >= 0.3 is 5.97 Å². The third kappa shape index (κ3) is 5.26. The molecule has 132 valence electrons. The minimum absolute atomic E-state index is 0.219. The fraction of sp³-hybridized carbons (Fsp3) is 0.176. The van der Waals surface area contributed by atoms with Crippen molar-refractivity contribution in [1.29, 1.82) is 0 Å². The van der Waals surface area contributed by atoms with Crippen LogP contribution in [0.4, 0.5) is 0 Å². The van der Waals surface area contributed by atoms with Gasteiger partial charge in [0.1, 0.15) is 4.88 Å². The van der Waals surface area contributed by atoms with Crippen molar-refractivity contribution in [2.45, 2.75) is 11.8 Å². The Balaban J connectivity index is 2.36. The van der Waals surface area contributed by atoms with Crippen molar-refractivity contribution < 1.29 is 18.5 Å². The Hall–Kier alpha value is -1.96. The van der Waals surface area contributed by atoms with E-state index in [0.717, 1.165) is 11.3 Å². The number of rotatable bonds is 5. The molecule has 1 heterocycles. The van der Waals surface area contributed by atoms with Crippen LogP contribution in [0.5, 0.6) is 0 Å². The average molecular weight is 398 g/mol. The minimum atomic E-state index is -2.88. The Morgan fingerprint density at radius 1 is 1.32 bits per heavy atom. The average Bonchev–Trinajstić information content (AvgIpc) is 2.95. The van der Waals surface area contributed by atoms with Gasteiger partial charge in [-0.2, -0.15) is 4.36 Å². The number of carbonyl (C=O) groups excluding carboxylic acids is 2. The molecule has 0 saturated carbocycles. The number of esters is 1. The van der Waals surface area contributed by atoms with Crippen LogP contribution in [-0.4, -0.2) is 28.9 Å². The number of carbonyl (C=O) groups is 2. The molecule has 0 radical (unpaired) electrons. The number of hydrogen-bond donors (Lipinski definition) is 0. The summed E-state index contributed by atoms with van der Waals surface area (Å²) >= 11 is 6.99. The molecule has 0 N–H and O–H groups in total. The summed E-state index contributed by atoms with van der Waals surface area (Å²) in [4.78, 5) is 24.6. The second-order valence-electron chi connectivity index (χ2n) is 4.93. The highest BCUT2D eigenvalue weighted by Gasteiger charge is 2.17. The molecule has 1 unspecified atom stereocenters. The summed E-state index contributed by atoms with van der Waals surface area (Å²) in [6, 6.07) is 10.1. The van der Waals surface area contributed by atoms with Crippen molar-refractivity contribution in [2.24, 2.45) is 4.36 Å². The lowest BCUT2D eigenvalue weighted by atomic mass is 10.2. The second kappa shape index (κ2) is 8.42. The van der Waals surface area contributed by atoms with Crippen LogP contribution >= 0.6 is 22.9 Å². The van der Waals surface area contributed by atoms with Gasteiger partial charge in [-0.1, -0.05) is 29.8 Å². The van der Waals surface area contributed by atoms with Crippen LogP contribution in [0, 0.1) is 0 Å². The number of ether oxygens (including phenoxy) is 1. The number of benzene rings is 1. The molecule has 0 aliphatic rings. The van der Waals surface area contributed by atoms with Crippen molar-refractivity contribution in [1.82, 2.24) is 0 Å². The first kappa shape index (κ1) is 19.4. The maximum absolute atomic E-state index is 12.7. The lowest BCUT2D eigenvalue weighted by Crippen LogP contribution is -2.03. The maximum Gasteiger partial charge on any atom is 0.330 e. The third-order valence-electron chi connectivity index (χ3n) is 3.05. The lowest BCUT2D eigenvalue weighted by Gasteiger charge is -2.03. The monoisotopic (exact) mass is 397 g/mol. The molecule has 2 rings (SSSR count). The largest absolute Gasteiger partial charge is 0.463 e. The van der Waals surface area contributed by atoms with Gasteiger partial charge in [-0.25, -0.2) is 9.00 Å². The van der Waals surface area contributed by atoms with Crippen molar-refractivity contribution >= 4 is 50.6 Å². The molecule has 0 saturated heterocycles. The van der Waals surface area contributed by atoms with Gasteiger partial charge in [0.2, 0.25) is 0 Å². The van der Waals surface area contributed by atoms with E-state index in [-0.39, 0.29) is 11.5 Å². The first-order chi connectivity index (χ1) is 11.8. The smallest absolute Gasteiger partial charge is 0.330 e. The Labute approximate surface area is 155 Å². The number of thiophene rings is 1. The van der Waals surface area contributed by atoms with Crippen molar-refractivity contribution in [3.05, 3.63) is 57.3 Å². The fourth-order valence-corrected chi connectivity index (χ4v) is 4.28. The molecule has 5 nitrogen and oxygen atoms in total. The highest BCUT2D eigenvalue weighted by molar-refractivity contribution is 7.93. The van der Waals surface area contributed by atoms with Crippen LogP contribution in [-0.2, 0) is 19.3 Å². The topological polar surface area (TPSA) is 72.8 Å². The molecule has 0 aliphatic heterocycles. The van der Waals surface area contributed by atoms with E-state index in [9.17, 15) is 13.8 Å². The summed E-state index contributed by atoms with van der Waals surface area (Å²) in [5.41, 5.74) is 0.431. The number of hydrogen-bond acceptors (Lipinski definition) is 5.